The lowest BCUT2D eigenvalue weighted by molar-refractivity contribution is -0.141. The molecule has 2 heterocycles. The van der Waals surface area contributed by atoms with Crippen molar-refractivity contribution >= 4 is 5.97 Å². The number of rotatable bonds is 3. The zero-order chi connectivity index (χ0) is 20.3. The summed E-state index contributed by atoms with van der Waals surface area (Å²) in [6, 6.07) is 6.93. The van der Waals surface area contributed by atoms with E-state index in [2.05, 4.69) is 0 Å². The molecule has 2 aromatic rings. The molecule has 8 heteroatoms. The van der Waals surface area contributed by atoms with E-state index in [1.165, 1.54) is 14.2 Å². The van der Waals surface area contributed by atoms with Crippen LogP contribution in [0.15, 0.2) is 24.3 Å². The van der Waals surface area contributed by atoms with Crippen LogP contribution < -0.4 is 18.9 Å². The van der Waals surface area contributed by atoms with Gasteiger partial charge < -0.3 is 33.9 Å². The molecule has 3 aliphatic rings. The summed E-state index contributed by atoms with van der Waals surface area (Å²) in [5.74, 6) is -0.324. The van der Waals surface area contributed by atoms with E-state index in [9.17, 15) is 15.0 Å². The molecule has 0 saturated carbocycles. The summed E-state index contributed by atoms with van der Waals surface area (Å²) >= 11 is 0. The molecule has 4 atom stereocenters. The molecule has 1 fully saturated rings. The van der Waals surface area contributed by atoms with E-state index in [1.54, 1.807) is 24.3 Å². The van der Waals surface area contributed by atoms with Gasteiger partial charge in [-0.15, -0.1) is 0 Å². The van der Waals surface area contributed by atoms with Gasteiger partial charge in [-0.05, 0) is 41.0 Å². The highest BCUT2D eigenvalue weighted by Gasteiger charge is 2.52. The number of carbonyl (C=O) groups excluding carboxylic acids is 1. The molecular weight excluding hydrogens is 380 g/mol. The average Bonchev–Trinajstić information content (AvgIpc) is 3.34. The number of aliphatic hydroxyl groups excluding tert-OH is 1. The first kappa shape index (κ1) is 17.9. The maximum atomic E-state index is 12.7. The molecular formula is C21H20O8. The number of aliphatic hydroxyl groups is 1. The van der Waals surface area contributed by atoms with Crippen LogP contribution in [0.25, 0.3) is 0 Å². The smallest absolute Gasteiger partial charge is 0.310 e. The fraction of sp³-hybridized carbons (Fsp3) is 0.381. The fourth-order valence-corrected chi connectivity index (χ4v) is 4.63. The van der Waals surface area contributed by atoms with Gasteiger partial charge in [0.1, 0.15) is 0 Å². The van der Waals surface area contributed by atoms with Crippen molar-refractivity contribution in [2.24, 2.45) is 11.8 Å². The van der Waals surface area contributed by atoms with E-state index in [0.29, 0.717) is 22.6 Å². The standard InChI is InChI=1S/C21H20O8/c1-25-15-3-9(4-16(26-2)20(15)23)17-10-5-13-14(29-8-28-13)6-11(10)19(22)12-7-27-21(24)18(12)17/h3-6,12,17-19,22-23H,7-8H2,1-2H3/t12?,17-,18?,19+/m1/s1. The largest absolute Gasteiger partial charge is 0.502 e. The predicted octanol–water partition coefficient (Wildman–Crippen LogP) is 2.11. The Morgan fingerprint density at radius 1 is 0.966 bits per heavy atom. The number of ether oxygens (including phenoxy) is 5. The van der Waals surface area contributed by atoms with Gasteiger partial charge in [-0.3, -0.25) is 4.79 Å². The van der Waals surface area contributed by atoms with Gasteiger partial charge >= 0.3 is 5.97 Å². The van der Waals surface area contributed by atoms with Crippen molar-refractivity contribution in [1.82, 2.24) is 0 Å². The molecule has 0 bridgehead atoms. The maximum absolute atomic E-state index is 12.7. The lowest BCUT2D eigenvalue weighted by atomic mass is 9.66. The molecule has 2 aliphatic heterocycles. The summed E-state index contributed by atoms with van der Waals surface area (Å²) in [5, 5.41) is 21.3. The van der Waals surface area contributed by atoms with E-state index >= 15 is 0 Å². The van der Waals surface area contributed by atoms with E-state index < -0.39 is 23.9 Å². The Labute approximate surface area is 166 Å². The maximum Gasteiger partial charge on any atom is 0.310 e. The summed E-state index contributed by atoms with van der Waals surface area (Å²) in [5.41, 5.74) is 2.12. The number of phenols is 1. The van der Waals surface area contributed by atoms with Crippen LogP contribution in [0, 0.1) is 11.8 Å². The van der Waals surface area contributed by atoms with Crippen molar-refractivity contribution in [3.05, 3.63) is 41.0 Å². The van der Waals surface area contributed by atoms with Gasteiger partial charge in [-0.1, -0.05) is 0 Å². The zero-order valence-corrected chi connectivity index (χ0v) is 15.9. The van der Waals surface area contributed by atoms with E-state index in [-0.39, 0.29) is 36.6 Å². The highest BCUT2D eigenvalue weighted by molar-refractivity contribution is 5.79. The van der Waals surface area contributed by atoms with Crippen LogP contribution in [0.1, 0.15) is 28.7 Å². The Hall–Kier alpha value is -3.13. The number of benzene rings is 2. The van der Waals surface area contributed by atoms with Gasteiger partial charge in [0.2, 0.25) is 12.5 Å². The number of cyclic esters (lactones) is 1. The minimum atomic E-state index is -0.867. The van der Waals surface area contributed by atoms with Crippen molar-refractivity contribution in [3.8, 4) is 28.7 Å². The van der Waals surface area contributed by atoms with Gasteiger partial charge in [0.15, 0.2) is 23.0 Å². The highest BCUT2D eigenvalue weighted by atomic mass is 16.7. The lowest BCUT2D eigenvalue weighted by Gasteiger charge is -2.37. The minimum Gasteiger partial charge on any atom is -0.502 e. The van der Waals surface area contributed by atoms with Crippen molar-refractivity contribution in [3.63, 3.8) is 0 Å². The van der Waals surface area contributed by atoms with Gasteiger partial charge in [-0.2, -0.15) is 0 Å². The van der Waals surface area contributed by atoms with E-state index in [1.807, 2.05) is 0 Å². The first-order valence-electron chi connectivity index (χ1n) is 9.26. The second-order valence-corrected chi connectivity index (χ2v) is 7.35. The molecule has 2 aromatic carbocycles. The van der Waals surface area contributed by atoms with Gasteiger partial charge in [-0.25, -0.2) is 0 Å². The predicted molar refractivity (Wildman–Crippen MR) is 98.5 cm³/mol. The summed E-state index contributed by atoms with van der Waals surface area (Å²) < 4.78 is 26.9. The average molecular weight is 400 g/mol. The quantitative estimate of drug-likeness (QED) is 0.755. The van der Waals surface area contributed by atoms with Crippen molar-refractivity contribution < 1.29 is 38.7 Å². The molecule has 1 saturated heterocycles. The topological polar surface area (TPSA) is 104 Å². The molecule has 2 N–H and O–H groups in total. The normalized spacial score (nSPS) is 26.5. The molecule has 0 spiro atoms. The van der Waals surface area contributed by atoms with E-state index in [4.69, 9.17) is 23.7 Å². The Kier molecular flexibility index (Phi) is 3.99. The molecule has 1 aliphatic carbocycles. The second kappa shape index (κ2) is 6.45. The van der Waals surface area contributed by atoms with Gasteiger partial charge in [0, 0.05) is 11.8 Å². The Bertz CT molecular complexity index is 975. The first-order chi connectivity index (χ1) is 14.0. The Balaban J connectivity index is 1.75. The van der Waals surface area contributed by atoms with Crippen LogP contribution in [-0.4, -0.2) is 43.8 Å². The summed E-state index contributed by atoms with van der Waals surface area (Å²) in [7, 11) is 2.89. The molecule has 5 rings (SSSR count). The number of methoxy groups -OCH3 is 2. The number of fused-ring (bicyclic) bond motifs is 3. The third-order valence-corrected chi connectivity index (χ3v) is 6.01. The highest BCUT2D eigenvalue weighted by Crippen LogP contribution is 2.55. The van der Waals surface area contributed by atoms with Crippen molar-refractivity contribution in [2.45, 2.75) is 12.0 Å². The minimum absolute atomic E-state index is 0.106. The number of phenolic OH excluding ortho intramolecular Hbond substituents is 1. The summed E-state index contributed by atoms with van der Waals surface area (Å²) in [4.78, 5) is 12.7. The molecule has 2 unspecified atom stereocenters. The fourth-order valence-electron chi connectivity index (χ4n) is 4.63. The zero-order valence-electron chi connectivity index (χ0n) is 15.9. The first-order valence-corrected chi connectivity index (χ1v) is 9.26. The Morgan fingerprint density at radius 3 is 2.21 bits per heavy atom. The van der Waals surface area contributed by atoms with Crippen LogP contribution in [0.3, 0.4) is 0 Å². The third-order valence-electron chi connectivity index (χ3n) is 6.01. The lowest BCUT2D eigenvalue weighted by Crippen LogP contribution is -2.34. The summed E-state index contributed by atoms with van der Waals surface area (Å²) in [6.45, 7) is 0.246. The molecule has 8 nitrogen and oxygen atoms in total. The second-order valence-electron chi connectivity index (χ2n) is 7.35. The monoisotopic (exact) mass is 400 g/mol. The number of aromatic hydroxyl groups is 1. The molecule has 152 valence electrons. The third kappa shape index (κ3) is 2.52. The van der Waals surface area contributed by atoms with Crippen LogP contribution in [0.2, 0.25) is 0 Å². The number of hydrogen-bond acceptors (Lipinski definition) is 8. The van der Waals surface area contributed by atoms with Gasteiger partial charge in [0.05, 0.1) is 32.8 Å². The number of esters is 1. The molecule has 0 radical (unpaired) electrons. The number of carbonyl (C=O) groups is 1. The summed E-state index contributed by atoms with van der Waals surface area (Å²) in [6.07, 6.45) is -0.867. The number of hydrogen-bond donors (Lipinski definition) is 2. The van der Waals surface area contributed by atoms with Crippen molar-refractivity contribution in [2.75, 3.05) is 27.6 Å². The van der Waals surface area contributed by atoms with Crippen molar-refractivity contribution in [1.29, 1.82) is 0 Å². The van der Waals surface area contributed by atoms with Crippen LogP contribution in [0.5, 0.6) is 28.7 Å². The molecule has 0 amide bonds. The SMILES string of the molecule is COc1cc([C@@H]2c3cc4c(cc3[C@H](O)C3COC(=O)C32)OCO4)cc(OC)c1O. The molecule has 0 aromatic heterocycles. The van der Waals surface area contributed by atoms with Gasteiger partial charge in [0.25, 0.3) is 0 Å². The molecule has 29 heavy (non-hydrogen) atoms. The Morgan fingerprint density at radius 2 is 1.59 bits per heavy atom. The van der Waals surface area contributed by atoms with Crippen LogP contribution in [-0.2, 0) is 9.53 Å². The van der Waals surface area contributed by atoms with E-state index in [0.717, 1.165) is 5.56 Å². The van der Waals surface area contributed by atoms with Crippen LogP contribution in [0.4, 0.5) is 0 Å². The van der Waals surface area contributed by atoms with Crippen LogP contribution >= 0.6 is 0 Å².